The Kier molecular flexibility index (Phi) is 6.25. The zero-order chi connectivity index (χ0) is 22.0. The van der Waals surface area contributed by atoms with Crippen molar-refractivity contribution in [2.75, 3.05) is 5.32 Å². The Balaban J connectivity index is 1.52. The molecule has 8 heteroatoms. The molecule has 0 spiro atoms. The van der Waals surface area contributed by atoms with Gasteiger partial charge >= 0.3 is 0 Å². The zero-order valence-electron chi connectivity index (χ0n) is 17.1. The van der Waals surface area contributed by atoms with Crippen molar-refractivity contribution in [2.24, 2.45) is 0 Å². The van der Waals surface area contributed by atoms with Crippen LogP contribution < -0.4 is 5.32 Å². The van der Waals surface area contributed by atoms with Gasteiger partial charge in [0.2, 0.25) is 0 Å². The molecule has 2 heterocycles. The molecule has 0 radical (unpaired) electrons. The van der Waals surface area contributed by atoms with Gasteiger partial charge in [-0.1, -0.05) is 41.9 Å². The highest BCUT2D eigenvalue weighted by molar-refractivity contribution is 9.10. The van der Waals surface area contributed by atoms with Crippen LogP contribution >= 0.6 is 27.5 Å². The molecule has 0 fully saturated rings. The van der Waals surface area contributed by atoms with Crippen molar-refractivity contribution >= 4 is 39.1 Å². The van der Waals surface area contributed by atoms with Gasteiger partial charge in [0.05, 0.1) is 40.8 Å². The quantitative estimate of drug-likeness (QED) is 0.384. The maximum absolute atomic E-state index is 12.9. The summed E-state index contributed by atoms with van der Waals surface area (Å²) < 4.78 is 4.59. The molecule has 0 aliphatic rings. The molecule has 31 heavy (non-hydrogen) atoms. The summed E-state index contributed by atoms with van der Waals surface area (Å²) in [5, 5.41) is 12.6. The summed E-state index contributed by atoms with van der Waals surface area (Å²) in [5.74, 6) is -0.174. The van der Waals surface area contributed by atoms with Crippen LogP contribution in [0.2, 0.25) is 5.02 Å². The summed E-state index contributed by atoms with van der Waals surface area (Å²) >= 11 is 9.69. The molecular formula is C23H21BrClN5O. The number of carbonyl (C=O) groups is 1. The molecule has 4 rings (SSSR count). The number of anilines is 1. The van der Waals surface area contributed by atoms with Crippen molar-refractivity contribution in [1.29, 1.82) is 0 Å². The van der Waals surface area contributed by atoms with Crippen LogP contribution in [0.25, 0.3) is 0 Å². The minimum Gasteiger partial charge on any atom is -0.319 e. The van der Waals surface area contributed by atoms with E-state index >= 15 is 0 Å². The normalized spacial score (nSPS) is 11.0. The number of nitrogens with zero attached hydrogens (tertiary/aromatic N) is 4. The Morgan fingerprint density at radius 2 is 1.94 bits per heavy atom. The van der Waals surface area contributed by atoms with Crippen molar-refractivity contribution in [2.45, 2.75) is 26.9 Å². The number of hydrogen-bond donors (Lipinski definition) is 1. The summed E-state index contributed by atoms with van der Waals surface area (Å²) in [4.78, 5) is 12.9. The van der Waals surface area contributed by atoms with Crippen LogP contribution in [0.3, 0.4) is 0 Å². The first-order valence-corrected chi connectivity index (χ1v) is 10.9. The highest BCUT2D eigenvalue weighted by Gasteiger charge is 2.16. The number of rotatable bonds is 6. The molecule has 4 aromatic rings. The molecule has 6 nitrogen and oxygen atoms in total. The molecule has 1 N–H and O–H groups in total. The number of carbonyl (C=O) groups excluding carboxylic acids is 1. The van der Waals surface area contributed by atoms with Gasteiger partial charge in [0.15, 0.2) is 0 Å². The predicted octanol–water partition coefficient (Wildman–Crippen LogP) is 5.46. The van der Waals surface area contributed by atoms with E-state index in [4.69, 9.17) is 11.6 Å². The fraction of sp³-hybridized carbons (Fsp3) is 0.174. The number of aromatic nitrogens is 4. The van der Waals surface area contributed by atoms with Gasteiger partial charge in [-0.3, -0.25) is 14.2 Å². The Morgan fingerprint density at radius 1 is 1.13 bits per heavy atom. The lowest BCUT2D eigenvalue weighted by Crippen LogP contribution is -2.14. The SMILES string of the molecule is Cc1nn(Cc2ccccc2Cl)c(C)c1NC(=O)c1cccc(Cn2cc(Br)cn2)c1. The number of hydrogen-bond acceptors (Lipinski definition) is 3. The van der Waals surface area contributed by atoms with Crippen LogP contribution in [0, 0.1) is 13.8 Å². The van der Waals surface area contributed by atoms with Crippen LogP contribution in [0.15, 0.2) is 65.4 Å². The molecule has 2 aromatic heterocycles. The molecule has 1 amide bonds. The minimum atomic E-state index is -0.174. The Bertz CT molecular complexity index is 1250. The average molecular weight is 499 g/mol. The van der Waals surface area contributed by atoms with Gasteiger partial charge < -0.3 is 5.32 Å². The van der Waals surface area contributed by atoms with Gasteiger partial charge in [-0.05, 0) is 59.1 Å². The Morgan fingerprint density at radius 3 is 2.68 bits per heavy atom. The van der Waals surface area contributed by atoms with E-state index in [0.717, 1.165) is 32.7 Å². The van der Waals surface area contributed by atoms with Gasteiger partial charge in [-0.25, -0.2) is 0 Å². The van der Waals surface area contributed by atoms with E-state index in [9.17, 15) is 4.79 Å². The summed E-state index contributed by atoms with van der Waals surface area (Å²) in [6, 6.07) is 15.2. The molecule has 0 saturated heterocycles. The third kappa shape index (κ3) is 4.89. The number of amides is 1. The largest absolute Gasteiger partial charge is 0.319 e. The van der Waals surface area contributed by atoms with E-state index in [-0.39, 0.29) is 5.91 Å². The number of aryl methyl sites for hydroxylation is 1. The third-order valence-corrected chi connectivity index (χ3v) is 5.81. The second-order valence-corrected chi connectivity index (χ2v) is 8.63. The third-order valence-electron chi connectivity index (χ3n) is 5.03. The van der Waals surface area contributed by atoms with Crippen LogP contribution in [0.4, 0.5) is 5.69 Å². The highest BCUT2D eigenvalue weighted by Crippen LogP contribution is 2.23. The van der Waals surface area contributed by atoms with Gasteiger partial charge in [0, 0.05) is 16.8 Å². The minimum absolute atomic E-state index is 0.174. The highest BCUT2D eigenvalue weighted by atomic mass is 79.9. The topological polar surface area (TPSA) is 64.7 Å². The fourth-order valence-electron chi connectivity index (χ4n) is 3.43. The summed E-state index contributed by atoms with van der Waals surface area (Å²) in [6.07, 6.45) is 3.63. The number of halogens is 2. The molecular weight excluding hydrogens is 478 g/mol. The standard InChI is InChI=1S/C23H21BrClN5O/c1-15-22(16(2)30(28-15)13-19-7-3-4-9-21(19)25)27-23(31)18-8-5-6-17(10-18)12-29-14-20(24)11-26-29/h3-11,14H,12-13H2,1-2H3,(H,27,31). The smallest absolute Gasteiger partial charge is 0.255 e. The lowest BCUT2D eigenvalue weighted by molar-refractivity contribution is 0.102. The van der Waals surface area contributed by atoms with E-state index < -0.39 is 0 Å². The van der Waals surface area contributed by atoms with Gasteiger partial charge in [0.25, 0.3) is 5.91 Å². The first-order chi connectivity index (χ1) is 14.9. The number of nitrogens with one attached hydrogen (secondary N) is 1. The Labute approximate surface area is 194 Å². The van der Waals surface area contributed by atoms with Gasteiger partial charge in [-0.2, -0.15) is 10.2 Å². The molecule has 0 aliphatic carbocycles. The Hall–Kier alpha value is -2.90. The van der Waals surface area contributed by atoms with Crippen LogP contribution in [-0.4, -0.2) is 25.5 Å². The molecule has 0 aliphatic heterocycles. The molecule has 158 valence electrons. The van der Waals surface area contributed by atoms with Crippen molar-refractivity contribution in [3.8, 4) is 0 Å². The van der Waals surface area contributed by atoms with Crippen molar-refractivity contribution < 1.29 is 4.79 Å². The monoisotopic (exact) mass is 497 g/mol. The average Bonchev–Trinajstić information content (AvgIpc) is 3.27. The van der Waals surface area contributed by atoms with E-state index in [1.807, 2.05) is 71.9 Å². The van der Waals surface area contributed by atoms with Crippen LogP contribution in [-0.2, 0) is 13.1 Å². The van der Waals surface area contributed by atoms with E-state index in [1.54, 1.807) is 12.3 Å². The fourth-order valence-corrected chi connectivity index (χ4v) is 3.95. The lowest BCUT2D eigenvalue weighted by atomic mass is 10.1. The van der Waals surface area contributed by atoms with E-state index in [2.05, 4.69) is 31.4 Å². The van der Waals surface area contributed by atoms with Crippen molar-refractivity contribution in [3.63, 3.8) is 0 Å². The molecule has 0 bridgehead atoms. The predicted molar refractivity (Wildman–Crippen MR) is 126 cm³/mol. The van der Waals surface area contributed by atoms with Gasteiger partial charge in [-0.15, -0.1) is 0 Å². The molecule has 0 saturated carbocycles. The summed E-state index contributed by atoms with van der Waals surface area (Å²) in [5.41, 5.74) is 4.91. The maximum atomic E-state index is 12.9. The van der Waals surface area contributed by atoms with Crippen molar-refractivity contribution in [1.82, 2.24) is 19.6 Å². The van der Waals surface area contributed by atoms with E-state index in [0.29, 0.717) is 23.7 Å². The first kappa shape index (κ1) is 21.3. The van der Waals surface area contributed by atoms with Crippen LogP contribution in [0.1, 0.15) is 32.9 Å². The van der Waals surface area contributed by atoms with Gasteiger partial charge in [0.1, 0.15) is 0 Å². The summed E-state index contributed by atoms with van der Waals surface area (Å²) in [7, 11) is 0. The first-order valence-electron chi connectivity index (χ1n) is 9.76. The van der Waals surface area contributed by atoms with E-state index in [1.165, 1.54) is 0 Å². The molecule has 2 aromatic carbocycles. The molecule has 0 unspecified atom stereocenters. The molecule has 0 atom stereocenters. The summed E-state index contributed by atoms with van der Waals surface area (Å²) in [6.45, 7) is 4.95. The van der Waals surface area contributed by atoms with Crippen molar-refractivity contribution in [3.05, 3.63) is 98.5 Å². The number of benzene rings is 2. The second-order valence-electron chi connectivity index (χ2n) is 7.31. The second kappa shape index (κ2) is 9.08. The maximum Gasteiger partial charge on any atom is 0.255 e. The van der Waals surface area contributed by atoms with Crippen LogP contribution in [0.5, 0.6) is 0 Å². The lowest BCUT2D eigenvalue weighted by Gasteiger charge is -2.09. The zero-order valence-corrected chi connectivity index (χ0v) is 19.5.